The predicted octanol–water partition coefficient (Wildman–Crippen LogP) is 6.01. The number of sulfonamides is 1. The number of ketones is 1. The van der Waals surface area contributed by atoms with Crippen LogP contribution in [0.15, 0.2) is 77.7 Å². The van der Waals surface area contributed by atoms with Gasteiger partial charge in [0, 0.05) is 24.4 Å². The second-order valence-corrected chi connectivity index (χ2v) is 11.8. The summed E-state index contributed by atoms with van der Waals surface area (Å²) in [7, 11) is -4.00. The molecule has 0 aliphatic carbocycles. The molecule has 190 valence electrons. The zero-order valence-electron chi connectivity index (χ0n) is 21.5. The molecule has 1 N–H and O–H groups in total. The van der Waals surface area contributed by atoms with Crippen LogP contribution in [-0.2, 0) is 21.2 Å². The van der Waals surface area contributed by atoms with Crippen molar-refractivity contribution in [3.63, 3.8) is 0 Å². The summed E-state index contributed by atoms with van der Waals surface area (Å²) in [6, 6.07) is 21.6. The lowest BCUT2D eigenvalue weighted by Crippen LogP contribution is -2.32. The molecule has 7 heteroatoms. The van der Waals surface area contributed by atoms with Gasteiger partial charge in [-0.05, 0) is 55.7 Å². The van der Waals surface area contributed by atoms with Gasteiger partial charge < -0.3 is 5.32 Å². The van der Waals surface area contributed by atoms with Crippen molar-refractivity contribution < 1.29 is 18.0 Å². The summed E-state index contributed by atoms with van der Waals surface area (Å²) < 4.78 is 29.3. The van der Waals surface area contributed by atoms with Gasteiger partial charge in [0.2, 0.25) is 5.91 Å². The standard InChI is InChI=1S/C29H34N2O4S/c1-21-13-15-24(16-14-21)31(19-9-12-23-10-7-6-8-11-23)36(34,35)25-17-18-27(30-22(2)32)26(20-25)28(33)29(3,4)5/h6-8,10-11,13-18,20H,9,12,19H2,1-5H3,(H,30,32). The molecule has 0 spiro atoms. The molecule has 0 bridgehead atoms. The first-order valence-electron chi connectivity index (χ1n) is 12.0. The molecule has 0 saturated carbocycles. The van der Waals surface area contributed by atoms with Crippen molar-refractivity contribution in [3.05, 3.63) is 89.5 Å². The zero-order chi connectivity index (χ0) is 26.5. The average Bonchev–Trinajstić information content (AvgIpc) is 2.82. The lowest BCUT2D eigenvalue weighted by molar-refractivity contribution is -0.114. The number of hydrogen-bond donors (Lipinski definition) is 1. The summed E-state index contributed by atoms with van der Waals surface area (Å²) in [6.07, 6.45) is 1.35. The Bertz CT molecular complexity index is 1330. The Hall–Kier alpha value is -3.45. The van der Waals surface area contributed by atoms with Gasteiger partial charge in [0.05, 0.1) is 16.3 Å². The molecule has 0 saturated heterocycles. The molecule has 0 aliphatic rings. The van der Waals surface area contributed by atoms with Crippen LogP contribution in [0, 0.1) is 12.3 Å². The number of carbonyl (C=O) groups excluding carboxylic acids is 2. The van der Waals surface area contributed by atoms with Gasteiger partial charge in [-0.3, -0.25) is 13.9 Å². The van der Waals surface area contributed by atoms with Crippen LogP contribution in [0.2, 0.25) is 0 Å². The lowest BCUT2D eigenvalue weighted by Gasteiger charge is -2.26. The van der Waals surface area contributed by atoms with Crippen molar-refractivity contribution in [2.24, 2.45) is 5.41 Å². The molecule has 0 aromatic heterocycles. The highest BCUT2D eigenvalue weighted by atomic mass is 32.2. The number of nitrogens with zero attached hydrogens (tertiary/aromatic N) is 1. The minimum absolute atomic E-state index is 0.00416. The van der Waals surface area contributed by atoms with Gasteiger partial charge in [0.25, 0.3) is 10.0 Å². The average molecular weight is 507 g/mol. The fourth-order valence-corrected chi connectivity index (χ4v) is 5.40. The fourth-order valence-electron chi connectivity index (χ4n) is 3.87. The van der Waals surface area contributed by atoms with Gasteiger partial charge >= 0.3 is 0 Å². The van der Waals surface area contributed by atoms with E-state index in [4.69, 9.17) is 0 Å². The highest BCUT2D eigenvalue weighted by molar-refractivity contribution is 7.92. The third-order valence-electron chi connectivity index (χ3n) is 5.81. The normalized spacial score (nSPS) is 11.7. The zero-order valence-corrected chi connectivity index (χ0v) is 22.4. The Morgan fingerprint density at radius 2 is 1.56 bits per heavy atom. The highest BCUT2D eigenvalue weighted by Crippen LogP contribution is 2.31. The number of carbonyl (C=O) groups is 2. The second kappa shape index (κ2) is 11.1. The third kappa shape index (κ3) is 6.61. The third-order valence-corrected chi connectivity index (χ3v) is 7.63. The maximum Gasteiger partial charge on any atom is 0.264 e. The van der Waals surface area contributed by atoms with Crippen molar-refractivity contribution in [1.29, 1.82) is 0 Å². The second-order valence-electron chi connectivity index (χ2n) is 9.97. The molecule has 0 heterocycles. The van der Waals surface area contributed by atoms with Gasteiger partial charge in [-0.15, -0.1) is 0 Å². The van der Waals surface area contributed by atoms with Gasteiger partial charge in [0.15, 0.2) is 5.78 Å². The van der Waals surface area contributed by atoms with Gasteiger partial charge in [0.1, 0.15) is 0 Å². The van der Waals surface area contributed by atoms with Gasteiger partial charge in [-0.25, -0.2) is 8.42 Å². The van der Waals surface area contributed by atoms with E-state index in [0.717, 1.165) is 17.5 Å². The lowest BCUT2D eigenvalue weighted by atomic mass is 9.86. The number of nitrogens with one attached hydrogen (secondary N) is 1. The summed E-state index contributed by atoms with van der Waals surface area (Å²) in [5.74, 6) is -0.593. The van der Waals surface area contributed by atoms with Crippen LogP contribution in [0.5, 0.6) is 0 Å². The van der Waals surface area contributed by atoms with Crippen molar-refractivity contribution >= 4 is 33.1 Å². The fraction of sp³-hybridized carbons (Fsp3) is 0.310. The van der Waals surface area contributed by atoms with Gasteiger partial charge in [-0.2, -0.15) is 0 Å². The summed E-state index contributed by atoms with van der Waals surface area (Å²) in [4.78, 5) is 24.9. The monoisotopic (exact) mass is 506 g/mol. The van der Waals surface area contributed by atoms with Crippen LogP contribution < -0.4 is 9.62 Å². The molecular weight excluding hydrogens is 472 g/mol. The molecule has 6 nitrogen and oxygen atoms in total. The Labute approximate surface area is 214 Å². The predicted molar refractivity (Wildman–Crippen MR) is 145 cm³/mol. The number of hydrogen-bond acceptors (Lipinski definition) is 4. The number of benzene rings is 3. The Kier molecular flexibility index (Phi) is 8.35. The molecule has 3 rings (SSSR count). The number of Topliss-reactive ketones (excluding diaryl/α,β-unsaturated/α-hetero) is 1. The summed E-state index contributed by atoms with van der Waals surface area (Å²) in [5.41, 5.74) is 2.43. The van der Waals surface area contributed by atoms with E-state index in [9.17, 15) is 18.0 Å². The van der Waals surface area contributed by atoms with Crippen LogP contribution >= 0.6 is 0 Å². The summed E-state index contributed by atoms with van der Waals surface area (Å²) >= 11 is 0. The highest BCUT2D eigenvalue weighted by Gasteiger charge is 2.30. The van der Waals surface area contributed by atoms with Crippen LogP contribution in [-0.4, -0.2) is 26.7 Å². The van der Waals surface area contributed by atoms with E-state index in [2.05, 4.69) is 5.32 Å². The van der Waals surface area contributed by atoms with E-state index in [1.54, 1.807) is 32.9 Å². The smallest absolute Gasteiger partial charge is 0.264 e. The molecule has 36 heavy (non-hydrogen) atoms. The first-order valence-corrected chi connectivity index (χ1v) is 13.4. The molecule has 0 aliphatic heterocycles. The molecular formula is C29H34N2O4S. The minimum atomic E-state index is -4.00. The maximum atomic E-state index is 13.9. The van der Waals surface area contributed by atoms with Crippen LogP contribution in [0.25, 0.3) is 0 Å². The molecule has 1 amide bonds. The van der Waals surface area contributed by atoms with E-state index in [1.807, 2.05) is 49.4 Å². The van der Waals surface area contributed by atoms with E-state index < -0.39 is 15.4 Å². The Balaban J connectivity index is 2.03. The van der Waals surface area contributed by atoms with Crippen molar-refractivity contribution in [2.45, 2.75) is 52.4 Å². The van der Waals surface area contributed by atoms with Crippen LogP contribution in [0.3, 0.4) is 0 Å². The number of amides is 1. The van der Waals surface area contributed by atoms with Gasteiger partial charge in [-0.1, -0.05) is 68.8 Å². The molecule has 0 atom stereocenters. The number of aryl methyl sites for hydroxylation is 2. The maximum absolute atomic E-state index is 13.9. The summed E-state index contributed by atoms with van der Waals surface area (Å²) in [5, 5.41) is 2.66. The SMILES string of the molecule is CC(=O)Nc1ccc(S(=O)(=O)N(CCCc2ccccc2)c2ccc(C)cc2)cc1C(=O)C(C)(C)C. The number of rotatable bonds is 9. The quantitative estimate of drug-likeness (QED) is 0.360. The molecule has 3 aromatic rings. The molecule has 0 fully saturated rings. The molecule has 3 aromatic carbocycles. The largest absolute Gasteiger partial charge is 0.326 e. The summed E-state index contributed by atoms with van der Waals surface area (Å²) in [6.45, 7) is 8.85. The van der Waals surface area contributed by atoms with Crippen molar-refractivity contribution in [3.8, 4) is 0 Å². The van der Waals surface area contributed by atoms with E-state index in [1.165, 1.54) is 29.4 Å². The van der Waals surface area contributed by atoms with Crippen molar-refractivity contribution in [1.82, 2.24) is 0 Å². The van der Waals surface area contributed by atoms with Crippen LogP contribution in [0.4, 0.5) is 11.4 Å². The van der Waals surface area contributed by atoms with E-state index in [-0.39, 0.29) is 28.7 Å². The van der Waals surface area contributed by atoms with Crippen molar-refractivity contribution in [2.75, 3.05) is 16.2 Å². The van der Waals surface area contributed by atoms with E-state index in [0.29, 0.717) is 17.8 Å². The Morgan fingerprint density at radius 1 is 0.917 bits per heavy atom. The molecule has 0 unspecified atom stereocenters. The number of anilines is 2. The first-order chi connectivity index (χ1) is 16.9. The first kappa shape index (κ1) is 27.1. The van der Waals surface area contributed by atoms with E-state index >= 15 is 0 Å². The van der Waals surface area contributed by atoms with Crippen LogP contribution in [0.1, 0.15) is 55.6 Å². The molecule has 0 radical (unpaired) electrons. The minimum Gasteiger partial charge on any atom is -0.326 e. The topological polar surface area (TPSA) is 83.6 Å². The Morgan fingerprint density at radius 3 is 2.14 bits per heavy atom.